The van der Waals surface area contributed by atoms with Crippen LogP contribution in [0.3, 0.4) is 0 Å². The molecule has 0 bridgehead atoms. The molecule has 3 heteroatoms. The molecule has 0 saturated heterocycles. The van der Waals surface area contributed by atoms with Crippen molar-refractivity contribution in [1.29, 1.82) is 0 Å². The summed E-state index contributed by atoms with van der Waals surface area (Å²) in [5, 5.41) is 9.57. The molecule has 0 aliphatic rings. The third kappa shape index (κ3) is 11.4. The van der Waals surface area contributed by atoms with Crippen LogP contribution in [0.15, 0.2) is 12.4 Å². The number of nitrogens with two attached hydrogens (primary N) is 1. The Kier molecular flexibility index (Phi) is 22.9. The molecule has 2 unspecified atom stereocenters. The van der Waals surface area contributed by atoms with E-state index in [1.807, 2.05) is 0 Å². The zero-order chi connectivity index (χ0) is 16.4. The molecule has 0 aromatic heterocycles. The Morgan fingerprint density at radius 2 is 1.70 bits per heavy atom. The van der Waals surface area contributed by atoms with Gasteiger partial charge in [-0.1, -0.05) is 66.4 Å². The Bertz CT molecular complexity index is 197. The highest BCUT2D eigenvalue weighted by molar-refractivity contribution is 4.90. The summed E-state index contributed by atoms with van der Waals surface area (Å²) in [7, 11) is 1.50. The monoisotopic (exact) mass is 291 g/mol. The summed E-state index contributed by atoms with van der Waals surface area (Å²) >= 11 is 0. The smallest absolute Gasteiger partial charge is 0.0827 e. The van der Waals surface area contributed by atoms with Crippen molar-refractivity contribution in [2.24, 2.45) is 17.1 Å². The molecule has 0 aromatic rings. The van der Waals surface area contributed by atoms with E-state index in [9.17, 15) is 9.50 Å². The Morgan fingerprint density at radius 1 is 1.20 bits per heavy atom. The lowest BCUT2D eigenvalue weighted by molar-refractivity contribution is 0.0569. The van der Waals surface area contributed by atoms with Gasteiger partial charge in [-0.25, -0.2) is 4.39 Å². The third-order valence-corrected chi connectivity index (χ3v) is 3.61. The van der Waals surface area contributed by atoms with Gasteiger partial charge in [0.15, 0.2) is 0 Å². The van der Waals surface area contributed by atoms with Gasteiger partial charge in [-0.3, -0.25) is 0 Å². The van der Waals surface area contributed by atoms with E-state index in [-0.39, 0.29) is 12.0 Å². The number of aliphatic hydroxyl groups is 1. The minimum Gasteiger partial charge on any atom is -0.396 e. The van der Waals surface area contributed by atoms with Crippen LogP contribution in [0.25, 0.3) is 0 Å². The summed E-state index contributed by atoms with van der Waals surface area (Å²) < 4.78 is 12.1. The van der Waals surface area contributed by atoms with E-state index >= 15 is 0 Å². The maximum Gasteiger partial charge on any atom is 0.0827 e. The summed E-state index contributed by atoms with van der Waals surface area (Å²) in [6.45, 7) is 10.8. The summed E-state index contributed by atoms with van der Waals surface area (Å²) in [6.07, 6.45) is 8.28. The first kappa shape index (κ1) is 24.6. The lowest BCUT2D eigenvalue weighted by Crippen LogP contribution is -2.32. The van der Waals surface area contributed by atoms with E-state index in [1.165, 1.54) is 19.5 Å². The average molecular weight is 291 g/mol. The lowest BCUT2D eigenvalue weighted by atomic mass is 9.70. The number of aliphatic hydroxyl groups excluding tert-OH is 1. The van der Waals surface area contributed by atoms with Gasteiger partial charge < -0.3 is 10.8 Å². The first-order valence-electron chi connectivity index (χ1n) is 8.02. The predicted octanol–water partition coefficient (Wildman–Crippen LogP) is 5.07. The van der Waals surface area contributed by atoms with Crippen LogP contribution < -0.4 is 5.73 Å². The van der Waals surface area contributed by atoms with Crippen LogP contribution in [-0.4, -0.2) is 18.8 Å². The first-order chi connectivity index (χ1) is 9.58. The molecule has 0 aliphatic carbocycles. The first-order valence-corrected chi connectivity index (χ1v) is 8.02. The molecular weight excluding hydrogens is 253 g/mol. The van der Waals surface area contributed by atoms with E-state index in [0.717, 1.165) is 25.7 Å². The summed E-state index contributed by atoms with van der Waals surface area (Å²) in [5.41, 5.74) is 4.38. The highest BCUT2D eigenvalue weighted by atomic mass is 19.1. The predicted molar refractivity (Wildman–Crippen MR) is 89.4 cm³/mol. The maximum atomic E-state index is 12.1. The summed E-state index contributed by atoms with van der Waals surface area (Å²) in [6, 6.07) is 0. The standard InChI is InChI=1S/C13H25FO.C3H8.CH5N/c1-4-6-8-13(11-15,9-7-10-14)12(3)5-2;1-3-2;1-2/h7,10,12,15H,4-6,8-9,11H2,1-3H3;3H2,1-2H3;2H2,1H3/b10-7-;;. The fourth-order valence-corrected chi connectivity index (χ4v) is 2.09. The van der Waals surface area contributed by atoms with Gasteiger partial charge in [-0.05, 0) is 31.2 Å². The topological polar surface area (TPSA) is 46.2 Å². The molecule has 0 aromatic carbocycles. The van der Waals surface area contributed by atoms with Gasteiger partial charge in [0, 0.05) is 6.61 Å². The minimum absolute atomic E-state index is 0.118. The van der Waals surface area contributed by atoms with Crippen molar-refractivity contribution in [3.8, 4) is 0 Å². The zero-order valence-corrected chi connectivity index (χ0v) is 14.6. The van der Waals surface area contributed by atoms with Gasteiger partial charge >= 0.3 is 0 Å². The van der Waals surface area contributed by atoms with Gasteiger partial charge in [-0.2, -0.15) is 0 Å². The maximum absolute atomic E-state index is 12.1. The molecule has 20 heavy (non-hydrogen) atoms. The Labute approximate surface area is 126 Å². The number of halogens is 1. The van der Waals surface area contributed by atoms with Crippen molar-refractivity contribution in [2.45, 2.75) is 73.1 Å². The third-order valence-electron chi connectivity index (χ3n) is 3.61. The molecule has 0 saturated carbocycles. The number of rotatable bonds is 8. The molecule has 2 nitrogen and oxygen atoms in total. The van der Waals surface area contributed by atoms with Crippen LogP contribution >= 0.6 is 0 Å². The largest absolute Gasteiger partial charge is 0.396 e. The normalized spacial score (nSPS) is 14.7. The molecule has 0 rings (SSSR count). The summed E-state index contributed by atoms with van der Waals surface area (Å²) in [5.74, 6) is 0.435. The van der Waals surface area contributed by atoms with Crippen molar-refractivity contribution < 1.29 is 9.50 Å². The number of unbranched alkanes of at least 4 members (excludes halogenated alkanes) is 1. The van der Waals surface area contributed by atoms with E-state index in [4.69, 9.17) is 0 Å². The molecule has 0 fully saturated rings. The fraction of sp³-hybridized carbons (Fsp3) is 0.882. The van der Waals surface area contributed by atoms with Gasteiger partial charge in [0.25, 0.3) is 0 Å². The van der Waals surface area contributed by atoms with Crippen LogP contribution in [0.5, 0.6) is 0 Å². The van der Waals surface area contributed by atoms with Crippen molar-refractivity contribution in [2.75, 3.05) is 13.7 Å². The van der Waals surface area contributed by atoms with E-state index in [0.29, 0.717) is 18.7 Å². The highest BCUT2D eigenvalue weighted by Crippen LogP contribution is 2.38. The number of hydrogen-bond donors (Lipinski definition) is 2. The molecule has 124 valence electrons. The molecule has 0 amide bonds. The van der Waals surface area contributed by atoms with Gasteiger partial charge in [0.2, 0.25) is 0 Å². The van der Waals surface area contributed by atoms with Crippen LogP contribution in [0, 0.1) is 11.3 Å². The average Bonchev–Trinajstić information content (AvgIpc) is 2.50. The van der Waals surface area contributed by atoms with Crippen molar-refractivity contribution in [3.63, 3.8) is 0 Å². The Hall–Kier alpha value is -0.410. The Balaban J connectivity index is -0.000000505. The van der Waals surface area contributed by atoms with Crippen LogP contribution in [0.4, 0.5) is 4.39 Å². The molecule has 2 atom stereocenters. The van der Waals surface area contributed by atoms with Crippen molar-refractivity contribution in [3.05, 3.63) is 12.4 Å². The van der Waals surface area contributed by atoms with E-state index in [2.05, 4.69) is 40.4 Å². The number of hydrogen-bond acceptors (Lipinski definition) is 2. The quantitative estimate of drug-likeness (QED) is 0.656. The molecule has 0 radical (unpaired) electrons. The van der Waals surface area contributed by atoms with Gasteiger partial charge in [0.1, 0.15) is 0 Å². The zero-order valence-electron chi connectivity index (χ0n) is 14.6. The number of allylic oxidation sites excluding steroid dienone is 1. The molecule has 0 spiro atoms. The van der Waals surface area contributed by atoms with Crippen LogP contribution in [-0.2, 0) is 0 Å². The van der Waals surface area contributed by atoms with Crippen molar-refractivity contribution in [1.82, 2.24) is 0 Å². The van der Waals surface area contributed by atoms with Crippen molar-refractivity contribution >= 4 is 0 Å². The van der Waals surface area contributed by atoms with Gasteiger partial charge in [-0.15, -0.1) is 0 Å². The molecule has 3 N–H and O–H groups in total. The van der Waals surface area contributed by atoms with E-state index < -0.39 is 0 Å². The summed E-state index contributed by atoms with van der Waals surface area (Å²) in [4.78, 5) is 0. The second-order valence-electron chi connectivity index (χ2n) is 5.21. The lowest BCUT2D eigenvalue weighted by Gasteiger charge is -2.36. The highest BCUT2D eigenvalue weighted by Gasteiger charge is 2.32. The van der Waals surface area contributed by atoms with E-state index in [1.54, 1.807) is 0 Å². The molecule has 0 aliphatic heterocycles. The van der Waals surface area contributed by atoms with Crippen LogP contribution in [0.1, 0.15) is 73.1 Å². The second kappa shape index (κ2) is 18.6. The molecule has 0 heterocycles. The van der Waals surface area contributed by atoms with Crippen LogP contribution in [0.2, 0.25) is 0 Å². The SMILES string of the molecule is CCC.CCCCC(CO)(C/C=C\F)C(C)CC.CN. The molecular formula is C17H38FNO. The minimum atomic E-state index is -0.118. The van der Waals surface area contributed by atoms with Gasteiger partial charge in [0.05, 0.1) is 6.33 Å². The Morgan fingerprint density at radius 3 is 2.00 bits per heavy atom. The fourth-order valence-electron chi connectivity index (χ4n) is 2.09. The second-order valence-corrected chi connectivity index (χ2v) is 5.21.